The third-order valence-electron chi connectivity index (χ3n) is 3.31. The van der Waals surface area contributed by atoms with Crippen LogP contribution in [0.25, 0.3) is 0 Å². The SMILES string of the molecule is CCCCCC=C(Cc1ccccc1)C(OC(C)=O)OC(C)=O. The lowest BCUT2D eigenvalue weighted by Crippen LogP contribution is -2.25. The van der Waals surface area contributed by atoms with E-state index in [9.17, 15) is 9.59 Å². The molecule has 0 radical (unpaired) electrons. The number of unbranched alkanes of at least 4 members (excludes halogenated alkanes) is 3. The molecule has 0 aliphatic heterocycles. The quantitative estimate of drug-likeness (QED) is 0.296. The number of ether oxygens (including phenoxy) is 2. The smallest absolute Gasteiger partial charge is 0.305 e. The molecule has 0 fully saturated rings. The lowest BCUT2D eigenvalue weighted by atomic mass is 10.0. The zero-order valence-electron chi connectivity index (χ0n) is 14.2. The molecule has 0 amide bonds. The topological polar surface area (TPSA) is 52.6 Å². The molecular weight excluding hydrogens is 292 g/mol. The number of allylic oxidation sites excluding steroid dienone is 1. The summed E-state index contributed by atoms with van der Waals surface area (Å²) in [6.45, 7) is 4.77. The lowest BCUT2D eigenvalue weighted by molar-refractivity contribution is -0.178. The maximum atomic E-state index is 11.3. The molecule has 0 aromatic heterocycles. The number of rotatable bonds is 9. The van der Waals surface area contributed by atoms with Crippen LogP contribution >= 0.6 is 0 Å². The Hall–Kier alpha value is -2.10. The van der Waals surface area contributed by atoms with E-state index in [1.807, 2.05) is 36.4 Å². The van der Waals surface area contributed by atoms with E-state index in [4.69, 9.17) is 9.47 Å². The highest BCUT2D eigenvalue weighted by molar-refractivity contribution is 5.68. The summed E-state index contributed by atoms with van der Waals surface area (Å²) in [5.74, 6) is -0.937. The molecule has 0 spiro atoms. The second-order valence-corrected chi connectivity index (χ2v) is 5.49. The summed E-state index contributed by atoms with van der Waals surface area (Å²) >= 11 is 0. The zero-order valence-corrected chi connectivity index (χ0v) is 14.2. The Balaban J connectivity index is 2.92. The number of esters is 2. The second kappa shape index (κ2) is 10.6. The summed E-state index contributed by atoms with van der Waals surface area (Å²) in [6, 6.07) is 9.86. The molecule has 1 aromatic carbocycles. The fourth-order valence-electron chi connectivity index (χ4n) is 2.24. The summed E-state index contributed by atoms with van der Waals surface area (Å²) in [7, 11) is 0. The number of benzene rings is 1. The Bertz CT molecular complexity index is 503. The molecule has 4 nitrogen and oxygen atoms in total. The van der Waals surface area contributed by atoms with Crippen LogP contribution in [0.5, 0.6) is 0 Å². The van der Waals surface area contributed by atoms with E-state index in [0.717, 1.165) is 36.8 Å². The zero-order chi connectivity index (χ0) is 17.1. The molecule has 0 N–H and O–H groups in total. The lowest BCUT2D eigenvalue weighted by Gasteiger charge is -2.20. The normalized spacial score (nSPS) is 11.4. The first-order valence-corrected chi connectivity index (χ1v) is 8.10. The molecule has 0 atom stereocenters. The van der Waals surface area contributed by atoms with Gasteiger partial charge in [-0.1, -0.05) is 56.2 Å². The van der Waals surface area contributed by atoms with Crippen molar-refractivity contribution in [1.82, 2.24) is 0 Å². The molecule has 1 aromatic rings. The van der Waals surface area contributed by atoms with E-state index >= 15 is 0 Å². The Labute approximate surface area is 138 Å². The van der Waals surface area contributed by atoms with Crippen LogP contribution in [0, 0.1) is 0 Å². The molecule has 1 rings (SSSR count). The van der Waals surface area contributed by atoms with Gasteiger partial charge in [-0.15, -0.1) is 0 Å². The molecule has 0 saturated carbocycles. The highest BCUT2D eigenvalue weighted by Gasteiger charge is 2.20. The fourth-order valence-corrected chi connectivity index (χ4v) is 2.24. The third kappa shape index (κ3) is 8.19. The number of carbonyl (C=O) groups is 2. The number of carbonyl (C=O) groups excluding carboxylic acids is 2. The highest BCUT2D eigenvalue weighted by Crippen LogP contribution is 2.18. The van der Waals surface area contributed by atoms with Gasteiger partial charge in [0, 0.05) is 25.8 Å². The first-order chi connectivity index (χ1) is 11.0. The van der Waals surface area contributed by atoms with E-state index < -0.39 is 18.2 Å². The minimum absolute atomic E-state index is 0.469. The van der Waals surface area contributed by atoms with Gasteiger partial charge in [-0.2, -0.15) is 0 Å². The van der Waals surface area contributed by atoms with Gasteiger partial charge < -0.3 is 9.47 Å². The monoisotopic (exact) mass is 318 g/mol. The second-order valence-electron chi connectivity index (χ2n) is 5.49. The molecule has 23 heavy (non-hydrogen) atoms. The van der Waals surface area contributed by atoms with Gasteiger partial charge in [0.05, 0.1) is 0 Å². The van der Waals surface area contributed by atoms with Crippen molar-refractivity contribution in [2.75, 3.05) is 0 Å². The van der Waals surface area contributed by atoms with E-state index in [1.165, 1.54) is 13.8 Å². The summed E-state index contributed by atoms with van der Waals surface area (Å²) < 4.78 is 10.4. The van der Waals surface area contributed by atoms with Crippen molar-refractivity contribution < 1.29 is 19.1 Å². The van der Waals surface area contributed by atoms with Crippen molar-refractivity contribution in [1.29, 1.82) is 0 Å². The van der Waals surface area contributed by atoms with Crippen LogP contribution in [0.4, 0.5) is 0 Å². The van der Waals surface area contributed by atoms with Crippen LogP contribution in [0.15, 0.2) is 42.0 Å². The molecule has 126 valence electrons. The predicted molar refractivity (Wildman–Crippen MR) is 89.7 cm³/mol. The molecule has 0 unspecified atom stereocenters. The summed E-state index contributed by atoms with van der Waals surface area (Å²) in [6.07, 6.45) is 5.86. The minimum Gasteiger partial charge on any atom is -0.421 e. The van der Waals surface area contributed by atoms with E-state index in [0.29, 0.717) is 6.42 Å². The Kier molecular flexibility index (Phi) is 8.73. The van der Waals surface area contributed by atoms with Crippen LogP contribution < -0.4 is 0 Å². The maximum Gasteiger partial charge on any atom is 0.305 e. The summed E-state index contributed by atoms with van der Waals surface area (Å²) in [5, 5.41) is 0. The van der Waals surface area contributed by atoms with Crippen molar-refractivity contribution in [2.24, 2.45) is 0 Å². The van der Waals surface area contributed by atoms with E-state index in [-0.39, 0.29) is 0 Å². The van der Waals surface area contributed by atoms with Crippen molar-refractivity contribution in [3.05, 3.63) is 47.5 Å². The van der Waals surface area contributed by atoms with Gasteiger partial charge >= 0.3 is 11.9 Å². The van der Waals surface area contributed by atoms with Crippen molar-refractivity contribution in [3.8, 4) is 0 Å². The van der Waals surface area contributed by atoms with E-state index in [1.54, 1.807) is 0 Å². The highest BCUT2D eigenvalue weighted by atomic mass is 16.7. The molecule has 4 heteroatoms. The van der Waals surface area contributed by atoms with Gasteiger partial charge in [0.1, 0.15) is 0 Å². The molecule has 0 aliphatic rings. The first-order valence-electron chi connectivity index (χ1n) is 8.10. The number of hydrogen-bond donors (Lipinski definition) is 0. The van der Waals surface area contributed by atoms with Gasteiger partial charge in [-0.25, -0.2) is 0 Å². The van der Waals surface area contributed by atoms with Crippen molar-refractivity contribution >= 4 is 11.9 Å². The van der Waals surface area contributed by atoms with Gasteiger partial charge in [-0.3, -0.25) is 9.59 Å². The minimum atomic E-state index is -0.952. The first kappa shape index (κ1) is 18.9. The molecular formula is C19H26O4. The van der Waals surface area contributed by atoms with Crippen molar-refractivity contribution in [2.45, 2.75) is 59.2 Å². The molecule has 0 heterocycles. The Morgan fingerprint density at radius 1 is 1.04 bits per heavy atom. The number of hydrogen-bond acceptors (Lipinski definition) is 4. The standard InChI is InChI=1S/C19H26O4/c1-4-5-6-10-13-18(14-17-11-8-7-9-12-17)19(22-15(2)20)23-16(3)21/h7-9,11-13,19H,4-6,10,14H2,1-3H3. The van der Waals surface area contributed by atoms with E-state index in [2.05, 4.69) is 6.92 Å². The maximum absolute atomic E-state index is 11.3. The Morgan fingerprint density at radius 2 is 1.65 bits per heavy atom. The summed E-state index contributed by atoms with van der Waals surface area (Å²) in [4.78, 5) is 22.7. The van der Waals surface area contributed by atoms with Gasteiger partial charge in [0.15, 0.2) is 0 Å². The third-order valence-corrected chi connectivity index (χ3v) is 3.31. The fraction of sp³-hybridized carbons (Fsp3) is 0.474. The van der Waals surface area contributed by atoms with Gasteiger partial charge in [0.25, 0.3) is 6.29 Å². The Morgan fingerprint density at radius 3 is 2.17 bits per heavy atom. The summed E-state index contributed by atoms with van der Waals surface area (Å²) in [5.41, 5.74) is 1.89. The largest absolute Gasteiger partial charge is 0.421 e. The van der Waals surface area contributed by atoms with Crippen LogP contribution in [-0.4, -0.2) is 18.2 Å². The average Bonchev–Trinajstić information content (AvgIpc) is 2.50. The van der Waals surface area contributed by atoms with Crippen LogP contribution in [0.1, 0.15) is 52.0 Å². The van der Waals surface area contributed by atoms with Gasteiger partial charge in [-0.05, 0) is 18.4 Å². The molecule has 0 aliphatic carbocycles. The average molecular weight is 318 g/mol. The van der Waals surface area contributed by atoms with Crippen molar-refractivity contribution in [3.63, 3.8) is 0 Å². The van der Waals surface area contributed by atoms with Crippen LogP contribution in [0.2, 0.25) is 0 Å². The predicted octanol–water partition coefficient (Wildman–Crippen LogP) is 4.19. The molecule has 0 bridgehead atoms. The van der Waals surface area contributed by atoms with Crippen LogP contribution in [0.3, 0.4) is 0 Å². The van der Waals surface area contributed by atoms with Gasteiger partial charge in [0.2, 0.25) is 0 Å². The molecule has 0 saturated heterocycles. The van der Waals surface area contributed by atoms with Crippen LogP contribution in [-0.2, 0) is 25.5 Å².